The minimum atomic E-state index is -0.467. The fourth-order valence-corrected chi connectivity index (χ4v) is 2.09. The van der Waals surface area contributed by atoms with Crippen molar-refractivity contribution >= 4 is 28.3 Å². The average molecular weight is 285 g/mol. The molecule has 1 heterocycles. The highest BCUT2D eigenvalue weighted by Crippen LogP contribution is 2.22. The molecule has 0 bridgehead atoms. The molecule has 0 atom stereocenters. The topological polar surface area (TPSA) is 80.3 Å². The van der Waals surface area contributed by atoms with Crippen LogP contribution < -0.4 is 10.6 Å². The molecule has 0 saturated heterocycles. The van der Waals surface area contributed by atoms with Crippen LogP contribution in [0.3, 0.4) is 0 Å². The van der Waals surface area contributed by atoms with E-state index in [0.29, 0.717) is 17.6 Å². The van der Waals surface area contributed by atoms with Crippen LogP contribution in [0.2, 0.25) is 0 Å². The number of aryl methyl sites for hydroxylation is 1. The molecule has 106 valence electrons. The molecule has 0 aliphatic carbocycles. The van der Waals surface area contributed by atoms with E-state index in [1.807, 2.05) is 13.8 Å². The Labute approximate surface area is 116 Å². The Morgan fingerprint density at radius 2 is 2.11 bits per heavy atom. The monoisotopic (exact) mass is 285 g/mol. The van der Waals surface area contributed by atoms with E-state index in [-0.39, 0.29) is 18.1 Å². The first-order valence-electron chi connectivity index (χ1n) is 6.00. The number of anilines is 1. The predicted molar refractivity (Wildman–Crippen MR) is 74.5 cm³/mol. The molecular weight excluding hydrogens is 266 g/mol. The van der Waals surface area contributed by atoms with E-state index in [4.69, 9.17) is 0 Å². The largest absolute Gasteiger partial charge is 0.464 e. The van der Waals surface area contributed by atoms with Gasteiger partial charge in [0.2, 0.25) is 5.91 Å². The zero-order chi connectivity index (χ0) is 14.4. The molecule has 1 rings (SSSR count). The highest BCUT2D eigenvalue weighted by atomic mass is 32.1. The van der Waals surface area contributed by atoms with Gasteiger partial charge < -0.3 is 15.4 Å². The normalized spacial score (nSPS) is 10.4. The van der Waals surface area contributed by atoms with Gasteiger partial charge in [0.1, 0.15) is 0 Å². The molecule has 0 unspecified atom stereocenters. The average Bonchev–Trinajstić information content (AvgIpc) is 2.74. The third-order valence-electron chi connectivity index (χ3n) is 2.28. The maximum Gasteiger partial charge on any atom is 0.357 e. The minimum Gasteiger partial charge on any atom is -0.464 e. The first-order chi connectivity index (χ1) is 8.93. The third kappa shape index (κ3) is 4.86. The first kappa shape index (κ1) is 15.4. The van der Waals surface area contributed by atoms with E-state index >= 15 is 0 Å². The summed E-state index contributed by atoms with van der Waals surface area (Å²) in [6, 6.07) is 0. The lowest BCUT2D eigenvalue weighted by Gasteiger charge is -2.07. The zero-order valence-corrected chi connectivity index (χ0v) is 12.4. The summed E-state index contributed by atoms with van der Waals surface area (Å²) in [4.78, 5) is 27.8. The Kier molecular flexibility index (Phi) is 5.75. The number of hydrogen-bond acceptors (Lipinski definition) is 6. The second-order valence-electron chi connectivity index (χ2n) is 4.47. The lowest BCUT2D eigenvalue weighted by molar-refractivity contribution is -0.119. The van der Waals surface area contributed by atoms with Crippen LogP contribution in [0.15, 0.2) is 0 Å². The number of amides is 1. The number of methoxy groups -OCH3 is 1. The van der Waals surface area contributed by atoms with E-state index in [1.165, 1.54) is 18.4 Å². The molecule has 1 amide bonds. The Bertz CT molecular complexity index is 457. The molecule has 7 heteroatoms. The van der Waals surface area contributed by atoms with Crippen molar-refractivity contribution in [1.82, 2.24) is 10.3 Å². The smallest absolute Gasteiger partial charge is 0.357 e. The van der Waals surface area contributed by atoms with Gasteiger partial charge in [-0.15, -0.1) is 11.3 Å². The maximum atomic E-state index is 11.5. The van der Waals surface area contributed by atoms with Gasteiger partial charge in [-0.1, -0.05) is 13.8 Å². The molecule has 6 nitrogen and oxygen atoms in total. The quantitative estimate of drug-likeness (QED) is 0.773. The van der Waals surface area contributed by atoms with Crippen molar-refractivity contribution < 1.29 is 14.3 Å². The van der Waals surface area contributed by atoms with E-state index < -0.39 is 5.97 Å². The van der Waals surface area contributed by atoms with Gasteiger partial charge in [-0.05, 0) is 12.8 Å². The Balaban J connectivity index is 2.50. The van der Waals surface area contributed by atoms with Gasteiger partial charge in [-0.3, -0.25) is 4.79 Å². The number of thiazole rings is 1. The number of ether oxygens (including phenoxy) is 1. The summed E-state index contributed by atoms with van der Waals surface area (Å²) in [6.45, 7) is 6.63. The van der Waals surface area contributed by atoms with Crippen LogP contribution in [-0.2, 0) is 9.53 Å². The van der Waals surface area contributed by atoms with E-state index in [2.05, 4.69) is 20.4 Å². The van der Waals surface area contributed by atoms with Gasteiger partial charge in [-0.2, -0.15) is 0 Å². The second-order valence-corrected chi connectivity index (χ2v) is 5.67. The van der Waals surface area contributed by atoms with Crippen LogP contribution in [0.1, 0.15) is 29.2 Å². The molecule has 1 aromatic heterocycles. The number of esters is 1. The molecule has 2 N–H and O–H groups in total. The van der Waals surface area contributed by atoms with Crippen LogP contribution >= 0.6 is 11.3 Å². The van der Waals surface area contributed by atoms with Gasteiger partial charge in [0, 0.05) is 11.4 Å². The Morgan fingerprint density at radius 3 is 2.68 bits per heavy atom. The summed E-state index contributed by atoms with van der Waals surface area (Å²) in [7, 11) is 1.31. The van der Waals surface area contributed by atoms with Crippen LogP contribution in [0.5, 0.6) is 0 Å². The van der Waals surface area contributed by atoms with Gasteiger partial charge in [0.25, 0.3) is 0 Å². The van der Waals surface area contributed by atoms with Crippen molar-refractivity contribution in [2.24, 2.45) is 5.92 Å². The Hall–Kier alpha value is -1.63. The van der Waals surface area contributed by atoms with Crippen molar-refractivity contribution in [1.29, 1.82) is 0 Å². The van der Waals surface area contributed by atoms with Gasteiger partial charge >= 0.3 is 5.97 Å². The van der Waals surface area contributed by atoms with Crippen LogP contribution in [0.4, 0.5) is 5.13 Å². The first-order valence-corrected chi connectivity index (χ1v) is 6.82. The molecule has 0 spiro atoms. The molecule has 0 aliphatic heterocycles. The number of carbonyl (C=O) groups excluding carboxylic acids is 2. The van der Waals surface area contributed by atoms with Crippen molar-refractivity contribution in [3.8, 4) is 0 Å². The van der Waals surface area contributed by atoms with Gasteiger partial charge in [0.15, 0.2) is 10.8 Å². The lowest BCUT2D eigenvalue weighted by atomic mass is 10.2. The minimum absolute atomic E-state index is 0.0961. The molecule has 0 radical (unpaired) electrons. The number of aromatic nitrogens is 1. The molecule has 1 aromatic rings. The second kappa shape index (κ2) is 7.08. The van der Waals surface area contributed by atoms with E-state index in [1.54, 1.807) is 6.92 Å². The van der Waals surface area contributed by atoms with Crippen molar-refractivity contribution in [2.45, 2.75) is 20.8 Å². The van der Waals surface area contributed by atoms with Crippen molar-refractivity contribution in [3.63, 3.8) is 0 Å². The summed E-state index contributed by atoms with van der Waals surface area (Å²) in [5, 5.41) is 6.23. The predicted octanol–water partition coefficient (Wildman–Crippen LogP) is 1.42. The summed E-state index contributed by atoms with van der Waals surface area (Å²) in [6.07, 6.45) is 0. The molecule has 0 saturated carbocycles. The Morgan fingerprint density at radius 1 is 1.42 bits per heavy atom. The molecule has 19 heavy (non-hydrogen) atoms. The molecular formula is C12H19N3O3S. The third-order valence-corrected chi connectivity index (χ3v) is 3.21. The fourth-order valence-electron chi connectivity index (χ4n) is 1.29. The molecule has 0 fully saturated rings. The number of nitrogens with one attached hydrogen (secondary N) is 2. The van der Waals surface area contributed by atoms with Gasteiger partial charge in [-0.25, -0.2) is 9.78 Å². The molecule has 0 aromatic carbocycles. The maximum absolute atomic E-state index is 11.5. The fraction of sp³-hybridized carbons (Fsp3) is 0.583. The number of nitrogens with zero attached hydrogens (tertiary/aromatic N) is 1. The zero-order valence-electron chi connectivity index (χ0n) is 11.6. The SMILES string of the molecule is COC(=O)c1nc(NCC(=O)NCC(C)C)sc1C. The molecule has 0 aliphatic rings. The summed E-state index contributed by atoms with van der Waals surface area (Å²) < 4.78 is 4.62. The summed E-state index contributed by atoms with van der Waals surface area (Å²) in [5.74, 6) is -0.149. The van der Waals surface area contributed by atoms with Crippen LogP contribution in [0.25, 0.3) is 0 Å². The summed E-state index contributed by atoms with van der Waals surface area (Å²) >= 11 is 1.32. The standard InChI is InChI=1S/C12H19N3O3S/c1-7(2)5-13-9(16)6-14-12-15-10(8(3)19-12)11(17)18-4/h7H,5-6H2,1-4H3,(H,13,16)(H,14,15). The van der Waals surface area contributed by atoms with Crippen molar-refractivity contribution in [2.75, 3.05) is 25.5 Å². The summed E-state index contributed by atoms with van der Waals surface area (Å²) in [5.41, 5.74) is 0.289. The van der Waals surface area contributed by atoms with E-state index in [9.17, 15) is 9.59 Å². The van der Waals surface area contributed by atoms with Crippen LogP contribution in [0, 0.1) is 12.8 Å². The van der Waals surface area contributed by atoms with E-state index in [0.717, 1.165) is 4.88 Å². The highest BCUT2D eigenvalue weighted by molar-refractivity contribution is 7.15. The highest BCUT2D eigenvalue weighted by Gasteiger charge is 2.15. The number of carbonyl (C=O) groups is 2. The van der Waals surface area contributed by atoms with Crippen LogP contribution in [-0.4, -0.2) is 37.1 Å². The van der Waals surface area contributed by atoms with Gasteiger partial charge in [0.05, 0.1) is 13.7 Å². The number of rotatable bonds is 6. The lowest BCUT2D eigenvalue weighted by Crippen LogP contribution is -2.32. The van der Waals surface area contributed by atoms with Crippen molar-refractivity contribution in [3.05, 3.63) is 10.6 Å². The number of hydrogen-bond donors (Lipinski definition) is 2.